The Morgan fingerprint density at radius 2 is 2.17 bits per heavy atom. The van der Waals surface area contributed by atoms with Gasteiger partial charge in [-0.05, 0) is 0 Å². The van der Waals surface area contributed by atoms with Gasteiger partial charge in [-0.2, -0.15) is 0 Å². The van der Waals surface area contributed by atoms with Crippen LogP contribution < -0.4 is 11.1 Å². The smallest absolute Gasteiger partial charge is 0.226 e. The SMILES string of the molecule is CC(CN)C(=O)N1CCNCC1. The molecule has 1 unspecified atom stereocenters. The summed E-state index contributed by atoms with van der Waals surface area (Å²) in [5.74, 6) is 0.169. The van der Waals surface area contributed by atoms with Crippen LogP contribution in [0.1, 0.15) is 6.92 Å². The van der Waals surface area contributed by atoms with Crippen LogP contribution in [0.3, 0.4) is 0 Å². The van der Waals surface area contributed by atoms with E-state index < -0.39 is 0 Å². The normalized spacial score (nSPS) is 20.7. The Labute approximate surface area is 73.1 Å². The summed E-state index contributed by atoms with van der Waals surface area (Å²) in [6.07, 6.45) is 0. The molecule has 0 bridgehead atoms. The highest BCUT2D eigenvalue weighted by atomic mass is 16.2. The Hall–Kier alpha value is -0.610. The van der Waals surface area contributed by atoms with Gasteiger partial charge in [0.05, 0.1) is 0 Å². The summed E-state index contributed by atoms with van der Waals surface area (Å²) in [5, 5.41) is 3.20. The number of piperazine rings is 1. The first-order valence-corrected chi connectivity index (χ1v) is 4.45. The summed E-state index contributed by atoms with van der Waals surface area (Å²) in [4.78, 5) is 13.4. The Balaban J connectivity index is 2.39. The maximum Gasteiger partial charge on any atom is 0.226 e. The molecule has 12 heavy (non-hydrogen) atoms. The van der Waals surface area contributed by atoms with E-state index in [1.54, 1.807) is 0 Å². The third kappa shape index (κ3) is 2.19. The fourth-order valence-corrected chi connectivity index (χ4v) is 1.30. The first kappa shape index (κ1) is 9.48. The molecule has 4 nitrogen and oxygen atoms in total. The topological polar surface area (TPSA) is 58.4 Å². The lowest BCUT2D eigenvalue weighted by molar-refractivity contribution is -0.135. The number of hydrogen-bond acceptors (Lipinski definition) is 3. The summed E-state index contributed by atoms with van der Waals surface area (Å²) in [7, 11) is 0. The molecule has 0 aromatic rings. The van der Waals surface area contributed by atoms with Crippen molar-refractivity contribution in [2.75, 3.05) is 32.7 Å². The highest BCUT2D eigenvalue weighted by Crippen LogP contribution is 2.01. The van der Waals surface area contributed by atoms with E-state index in [0.29, 0.717) is 6.54 Å². The molecule has 70 valence electrons. The van der Waals surface area contributed by atoms with Crippen molar-refractivity contribution in [3.8, 4) is 0 Å². The number of carbonyl (C=O) groups excluding carboxylic acids is 1. The van der Waals surface area contributed by atoms with Crippen molar-refractivity contribution < 1.29 is 4.79 Å². The molecule has 0 spiro atoms. The maximum atomic E-state index is 11.5. The highest BCUT2D eigenvalue weighted by molar-refractivity contribution is 5.78. The van der Waals surface area contributed by atoms with Gasteiger partial charge in [-0.15, -0.1) is 0 Å². The van der Waals surface area contributed by atoms with Crippen molar-refractivity contribution in [3.05, 3.63) is 0 Å². The van der Waals surface area contributed by atoms with Gasteiger partial charge in [-0.3, -0.25) is 4.79 Å². The summed E-state index contributed by atoms with van der Waals surface area (Å²) in [6, 6.07) is 0. The minimum absolute atomic E-state index is 0.0249. The third-order valence-electron chi connectivity index (χ3n) is 2.20. The van der Waals surface area contributed by atoms with Crippen LogP contribution >= 0.6 is 0 Å². The first-order valence-electron chi connectivity index (χ1n) is 4.45. The molecule has 3 N–H and O–H groups in total. The predicted molar refractivity (Wildman–Crippen MR) is 47.7 cm³/mol. The van der Waals surface area contributed by atoms with Crippen molar-refractivity contribution in [3.63, 3.8) is 0 Å². The number of amides is 1. The van der Waals surface area contributed by atoms with E-state index in [9.17, 15) is 4.79 Å². The van der Waals surface area contributed by atoms with Gasteiger partial charge in [0, 0.05) is 38.6 Å². The van der Waals surface area contributed by atoms with Gasteiger partial charge < -0.3 is 16.0 Å². The molecule has 1 amide bonds. The standard InChI is InChI=1S/C8H17N3O/c1-7(6-9)8(12)11-4-2-10-3-5-11/h7,10H,2-6,9H2,1H3. The first-order chi connectivity index (χ1) is 5.75. The summed E-state index contributed by atoms with van der Waals surface area (Å²) >= 11 is 0. The molecule has 4 heteroatoms. The van der Waals surface area contributed by atoms with Gasteiger partial charge in [-0.25, -0.2) is 0 Å². The summed E-state index contributed by atoms with van der Waals surface area (Å²) < 4.78 is 0. The van der Waals surface area contributed by atoms with E-state index in [2.05, 4.69) is 5.32 Å². The third-order valence-corrected chi connectivity index (χ3v) is 2.20. The molecule has 1 saturated heterocycles. The molecule has 1 rings (SSSR count). The van der Waals surface area contributed by atoms with Crippen LogP contribution in [0.2, 0.25) is 0 Å². The summed E-state index contributed by atoms with van der Waals surface area (Å²) in [6.45, 7) is 5.78. The minimum atomic E-state index is -0.0249. The van der Waals surface area contributed by atoms with E-state index >= 15 is 0 Å². The molecule has 1 heterocycles. The Morgan fingerprint density at radius 3 is 2.67 bits per heavy atom. The molecule has 1 aliphatic rings. The van der Waals surface area contributed by atoms with Crippen molar-refractivity contribution in [2.24, 2.45) is 11.7 Å². The van der Waals surface area contributed by atoms with Crippen LogP contribution in [-0.2, 0) is 4.79 Å². The maximum absolute atomic E-state index is 11.5. The second kappa shape index (κ2) is 4.42. The number of carbonyl (C=O) groups is 1. The lowest BCUT2D eigenvalue weighted by atomic mass is 10.1. The van der Waals surface area contributed by atoms with Crippen molar-refractivity contribution in [1.29, 1.82) is 0 Å². The number of rotatable bonds is 2. The Morgan fingerprint density at radius 1 is 1.58 bits per heavy atom. The largest absolute Gasteiger partial charge is 0.340 e. The van der Waals surface area contributed by atoms with Crippen molar-refractivity contribution >= 4 is 5.91 Å². The molecule has 0 saturated carbocycles. The highest BCUT2D eigenvalue weighted by Gasteiger charge is 2.20. The molecular formula is C8H17N3O. The average Bonchev–Trinajstić information content (AvgIpc) is 2.17. The molecule has 1 fully saturated rings. The quantitative estimate of drug-likeness (QED) is 0.561. The van der Waals surface area contributed by atoms with E-state index in [1.807, 2.05) is 11.8 Å². The van der Waals surface area contributed by atoms with Gasteiger partial charge in [0.1, 0.15) is 0 Å². The van der Waals surface area contributed by atoms with Crippen LogP contribution in [0.25, 0.3) is 0 Å². The number of nitrogens with zero attached hydrogens (tertiary/aromatic N) is 1. The number of hydrogen-bond donors (Lipinski definition) is 2. The molecule has 0 radical (unpaired) electrons. The van der Waals surface area contributed by atoms with Crippen LogP contribution in [0.4, 0.5) is 0 Å². The molecule has 0 aromatic heterocycles. The summed E-state index contributed by atoms with van der Waals surface area (Å²) in [5.41, 5.74) is 5.42. The van der Waals surface area contributed by atoms with Crippen LogP contribution in [-0.4, -0.2) is 43.5 Å². The van der Waals surface area contributed by atoms with Crippen molar-refractivity contribution in [2.45, 2.75) is 6.92 Å². The second-order valence-corrected chi connectivity index (χ2v) is 3.21. The van der Waals surface area contributed by atoms with Gasteiger partial charge in [-0.1, -0.05) is 6.92 Å². The lowest BCUT2D eigenvalue weighted by Crippen LogP contribution is -2.49. The minimum Gasteiger partial charge on any atom is -0.340 e. The molecule has 1 aliphatic heterocycles. The number of nitrogens with two attached hydrogens (primary N) is 1. The Kier molecular flexibility index (Phi) is 3.49. The zero-order chi connectivity index (χ0) is 8.97. The fourth-order valence-electron chi connectivity index (χ4n) is 1.30. The van der Waals surface area contributed by atoms with Gasteiger partial charge in [0.15, 0.2) is 0 Å². The molecule has 0 aromatic carbocycles. The van der Waals surface area contributed by atoms with Crippen LogP contribution in [0.15, 0.2) is 0 Å². The Bertz CT molecular complexity index is 154. The molecule has 0 aliphatic carbocycles. The predicted octanol–water partition coefficient (Wildman–Crippen LogP) is -0.987. The monoisotopic (exact) mass is 171 g/mol. The van der Waals surface area contributed by atoms with E-state index in [4.69, 9.17) is 5.73 Å². The molecule has 1 atom stereocenters. The zero-order valence-corrected chi connectivity index (χ0v) is 7.55. The van der Waals surface area contributed by atoms with Crippen LogP contribution in [0, 0.1) is 5.92 Å². The average molecular weight is 171 g/mol. The van der Waals surface area contributed by atoms with Gasteiger partial charge in [0.2, 0.25) is 5.91 Å². The fraction of sp³-hybridized carbons (Fsp3) is 0.875. The van der Waals surface area contributed by atoms with E-state index in [-0.39, 0.29) is 11.8 Å². The van der Waals surface area contributed by atoms with Crippen LogP contribution in [0.5, 0.6) is 0 Å². The van der Waals surface area contributed by atoms with Crippen molar-refractivity contribution in [1.82, 2.24) is 10.2 Å². The van der Waals surface area contributed by atoms with Gasteiger partial charge >= 0.3 is 0 Å². The van der Waals surface area contributed by atoms with E-state index in [0.717, 1.165) is 26.2 Å². The zero-order valence-electron chi connectivity index (χ0n) is 7.55. The van der Waals surface area contributed by atoms with E-state index in [1.165, 1.54) is 0 Å². The number of nitrogens with one attached hydrogen (secondary N) is 1. The van der Waals surface area contributed by atoms with Gasteiger partial charge in [0.25, 0.3) is 0 Å². The second-order valence-electron chi connectivity index (χ2n) is 3.21. The lowest BCUT2D eigenvalue weighted by Gasteiger charge is -2.29. The molecular weight excluding hydrogens is 154 g/mol.